The van der Waals surface area contributed by atoms with E-state index in [2.05, 4.69) is 12.6 Å². The molecule has 1 fully saturated rings. The summed E-state index contributed by atoms with van der Waals surface area (Å²) in [7, 11) is 0. The first-order valence-corrected chi connectivity index (χ1v) is 4.49. The van der Waals surface area contributed by atoms with Crippen molar-refractivity contribution in [3.05, 3.63) is 12.7 Å². The topological polar surface area (TPSA) is 50.1 Å². The number of nitrogens with zero attached hydrogens (tertiary/aromatic N) is 1. The van der Waals surface area contributed by atoms with Crippen LogP contribution in [0.15, 0.2) is 12.7 Å². The lowest BCUT2D eigenvalue weighted by Gasteiger charge is -2.23. The SMILES string of the molecule is C=CC(=O)OC1CCC(C#N)CC1. The predicted molar refractivity (Wildman–Crippen MR) is 47.6 cm³/mol. The molecule has 0 atom stereocenters. The van der Waals surface area contributed by atoms with Crippen LogP contribution in [-0.4, -0.2) is 12.1 Å². The fourth-order valence-corrected chi connectivity index (χ4v) is 1.52. The summed E-state index contributed by atoms with van der Waals surface area (Å²) >= 11 is 0. The molecular weight excluding hydrogens is 166 g/mol. The Hall–Kier alpha value is -1.30. The molecule has 0 aromatic rings. The highest BCUT2D eigenvalue weighted by molar-refractivity contribution is 5.81. The van der Waals surface area contributed by atoms with Gasteiger partial charge >= 0.3 is 5.97 Å². The smallest absolute Gasteiger partial charge is 0.330 e. The molecule has 0 aromatic heterocycles. The van der Waals surface area contributed by atoms with Crippen molar-refractivity contribution in [3.63, 3.8) is 0 Å². The number of rotatable bonds is 2. The van der Waals surface area contributed by atoms with Crippen LogP contribution in [-0.2, 0) is 9.53 Å². The maximum Gasteiger partial charge on any atom is 0.330 e. The van der Waals surface area contributed by atoms with Gasteiger partial charge in [-0.3, -0.25) is 0 Å². The number of esters is 1. The monoisotopic (exact) mass is 179 g/mol. The minimum absolute atomic E-state index is 0.00454. The summed E-state index contributed by atoms with van der Waals surface area (Å²) in [6.07, 6.45) is 4.46. The van der Waals surface area contributed by atoms with Crippen molar-refractivity contribution in [2.45, 2.75) is 31.8 Å². The first-order chi connectivity index (χ1) is 6.26. The molecule has 1 aliphatic rings. The molecule has 1 rings (SSSR count). The van der Waals surface area contributed by atoms with Gasteiger partial charge in [-0.05, 0) is 25.7 Å². The Balaban J connectivity index is 2.29. The standard InChI is InChI=1S/C10H13NO2/c1-2-10(12)13-9-5-3-8(7-11)4-6-9/h2,8-9H,1,3-6H2. The van der Waals surface area contributed by atoms with Crippen LogP contribution in [0.2, 0.25) is 0 Å². The van der Waals surface area contributed by atoms with E-state index in [0.29, 0.717) is 0 Å². The Bertz CT molecular complexity index is 234. The summed E-state index contributed by atoms with van der Waals surface area (Å²) in [6, 6.07) is 2.23. The molecule has 0 amide bonds. The molecule has 0 heterocycles. The lowest BCUT2D eigenvalue weighted by molar-refractivity contribution is -0.144. The molecule has 0 N–H and O–H groups in total. The van der Waals surface area contributed by atoms with E-state index in [1.807, 2.05) is 0 Å². The second kappa shape index (κ2) is 4.66. The molecule has 13 heavy (non-hydrogen) atoms. The highest BCUT2D eigenvalue weighted by atomic mass is 16.5. The molecule has 1 saturated carbocycles. The highest BCUT2D eigenvalue weighted by Crippen LogP contribution is 2.25. The van der Waals surface area contributed by atoms with Gasteiger partial charge in [0.15, 0.2) is 0 Å². The first-order valence-electron chi connectivity index (χ1n) is 4.49. The van der Waals surface area contributed by atoms with Gasteiger partial charge in [0, 0.05) is 12.0 Å². The fraction of sp³-hybridized carbons (Fsp3) is 0.600. The minimum atomic E-state index is -0.361. The van der Waals surface area contributed by atoms with E-state index in [1.54, 1.807) is 0 Å². The van der Waals surface area contributed by atoms with Gasteiger partial charge in [-0.25, -0.2) is 4.79 Å². The molecular formula is C10H13NO2. The zero-order valence-electron chi connectivity index (χ0n) is 7.53. The van der Waals surface area contributed by atoms with Crippen LogP contribution in [0.5, 0.6) is 0 Å². The van der Waals surface area contributed by atoms with E-state index in [4.69, 9.17) is 10.00 Å². The van der Waals surface area contributed by atoms with Gasteiger partial charge in [-0.2, -0.15) is 5.26 Å². The van der Waals surface area contributed by atoms with E-state index in [-0.39, 0.29) is 18.0 Å². The zero-order chi connectivity index (χ0) is 9.68. The Labute approximate surface area is 78.0 Å². The van der Waals surface area contributed by atoms with Crippen molar-refractivity contribution in [3.8, 4) is 6.07 Å². The Morgan fingerprint density at radius 1 is 1.46 bits per heavy atom. The largest absolute Gasteiger partial charge is 0.459 e. The molecule has 0 bridgehead atoms. The van der Waals surface area contributed by atoms with Crippen molar-refractivity contribution < 1.29 is 9.53 Å². The van der Waals surface area contributed by atoms with E-state index in [9.17, 15) is 4.79 Å². The van der Waals surface area contributed by atoms with E-state index in [0.717, 1.165) is 25.7 Å². The van der Waals surface area contributed by atoms with Crippen LogP contribution >= 0.6 is 0 Å². The van der Waals surface area contributed by atoms with Crippen molar-refractivity contribution in [1.29, 1.82) is 5.26 Å². The third kappa shape index (κ3) is 2.90. The average molecular weight is 179 g/mol. The third-order valence-electron chi connectivity index (χ3n) is 2.31. The number of hydrogen-bond donors (Lipinski definition) is 0. The van der Waals surface area contributed by atoms with E-state index in [1.165, 1.54) is 6.08 Å². The third-order valence-corrected chi connectivity index (χ3v) is 2.31. The second-order valence-corrected chi connectivity index (χ2v) is 3.24. The van der Waals surface area contributed by atoms with Gasteiger partial charge in [0.2, 0.25) is 0 Å². The number of hydrogen-bond acceptors (Lipinski definition) is 3. The average Bonchev–Trinajstić information content (AvgIpc) is 2.19. The lowest BCUT2D eigenvalue weighted by atomic mass is 9.88. The maximum absolute atomic E-state index is 10.8. The van der Waals surface area contributed by atoms with Gasteiger partial charge in [0.25, 0.3) is 0 Å². The molecule has 3 nitrogen and oxygen atoms in total. The van der Waals surface area contributed by atoms with Gasteiger partial charge < -0.3 is 4.74 Å². The number of nitriles is 1. The van der Waals surface area contributed by atoms with Crippen LogP contribution in [0, 0.1) is 17.2 Å². The van der Waals surface area contributed by atoms with Crippen molar-refractivity contribution >= 4 is 5.97 Å². The number of carbonyl (C=O) groups is 1. The Morgan fingerprint density at radius 3 is 2.54 bits per heavy atom. The van der Waals surface area contributed by atoms with Crippen LogP contribution in [0.3, 0.4) is 0 Å². The van der Waals surface area contributed by atoms with Crippen LogP contribution < -0.4 is 0 Å². The van der Waals surface area contributed by atoms with Crippen molar-refractivity contribution in [2.75, 3.05) is 0 Å². The molecule has 0 saturated heterocycles. The second-order valence-electron chi connectivity index (χ2n) is 3.24. The minimum Gasteiger partial charge on any atom is -0.459 e. The summed E-state index contributed by atoms with van der Waals surface area (Å²) in [5, 5.41) is 8.63. The Morgan fingerprint density at radius 2 is 2.08 bits per heavy atom. The van der Waals surface area contributed by atoms with Crippen molar-refractivity contribution in [2.24, 2.45) is 5.92 Å². The van der Waals surface area contributed by atoms with Gasteiger partial charge in [0.05, 0.1) is 6.07 Å². The molecule has 0 aromatic carbocycles. The molecule has 3 heteroatoms. The molecule has 0 radical (unpaired) electrons. The zero-order valence-corrected chi connectivity index (χ0v) is 7.53. The van der Waals surface area contributed by atoms with Crippen LogP contribution in [0.4, 0.5) is 0 Å². The number of ether oxygens (including phenoxy) is 1. The highest BCUT2D eigenvalue weighted by Gasteiger charge is 2.22. The van der Waals surface area contributed by atoms with Gasteiger partial charge in [-0.15, -0.1) is 0 Å². The molecule has 0 aliphatic heterocycles. The summed E-state index contributed by atoms with van der Waals surface area (Å²) < 4.78 is 5.07. The van der Waals surface area contributed by atoms with Crippen LogP contribution in [0.25, 0.3) is 0 Å². The molecule has 0 spiro atoms. The predicted octanol–water partition coefficient (Wildman–Crippen LogP) is 1.80. The fourth-order valence-electron chi connectivity index (χ4n) is 1.52. The van der Waals surface area contributed by atoms with E-state index < -0.39 is 0 Å². The van der Waals surface area contributed by atoms with Crippen molar-refractivity contribution in [1.82, 2.24) is 0 Å². The number of carbonyl (C=O) groups excluding carboxylic acids is 1. The maximum atomic E-state index is 10.8. The lowest BCUT2D eigenvalue weighted by Crippen LogP contribution is -2.23. The van der Waals surface area contributed by atoms with Gasteiger partial charge in [0.1, 0.15) is 6.10 Å². The summed E-state index contributed by atoms with van der Waals surface area (Å²) in [5.74, 6) is -0.209. The summed E-state index contributed by atoms with van der Waals surface area (Å²) in [6.45, 7) is 3.33. The first kappa shape index (κ1) is 9.79. The molecule has 1 aliphatic carbocycles. The molecule has 0 unspecified atom stereocenters. The Kier molecular flexibility index (Phi) is 3.51. The van der Waals surface area contributed by atoms with E-state index >= 15 is 0 Å². The summed E-state index contributed by atoms with van der Waals surface area (Å²) in [5.41, 5.74) is 0. The quantitative estimate of drug-likeness (QED) is 0.479. The summed E-state index contributed by atoms with van der Waals surface area (Å²) in [4.78, 5) is 10.8. The van der Waals surface area contributed by atoms with Gasteiger partial charge in [-0.1, -0.05) is 6.58 Å². The molecule has 70 valence electrons. The van der Waals surface area contributed by atoms with Crippen LogP contribution in [0.1, 0.15) is 25.7 Å². The normalized spacial score (nSPS) is 27.3.